The Morgan fingerprint density at radius 1 is 1.40 bits per heavy atom. The average molecular weight is 285 g/mol. The van der Waals surface area contributed by atoms with Crippen LogP contribution >= 0.6 is 0 Å². The van der Waals surface area contributed by atoms with E-state index >= 15 is 0 Å². The van der Waals surface area contributed by atoms with Crippen molar-refractivity contribution in [2.75, 3.05) is 19.7 Å². The van der Waals surface area contributed by atoms with Crippen molar-refractivity contribution in [3.8, 4) is 5.75 Å². The molecule has 1 heterocycles. The zero-order chi connectivity index (χ0) is 14.8. The highest BCUT2D eigenvalue weighted by atomic mass is 19.1. The van der Waals surface area contributed by atoms with Gasteiger partial charge >= 0.3 is 0 Å². The van der Waals surface area contributed by atoms with Gasteiger partial charge in [0, 0.05) is 19.2 Å². The normalized spacial score (nSPS) is 17.9. The van der Waals surface area contributed by atoms with E-state index in [1.165, 1.54) is 0 Å². The Balaban J connectivity index is 1.86. The van der Waals surface area contributed by atoms with Gasteiger partial charge in [-0.1, -0.05) is 0 Å². The van der Waals surface area contributed by atoms with Gasteiger partial charge in [-0.05, 0) is 31.9 Å². The molecular weight excluding hydrogens is 268 g/mol. The third kappa shape index (κ3) is 3.66. The van der Waals surface area contributed by atoms with Gasteiger partial charge in [0.05, 0.1) is 5.60 Å². The first kappa shape index (κ1) is 14.7. The molecule has 0 spiro atoms. The van der Waals surface area contributed by atoms with Gasteiger partial charge in [0.25, 0.3) is 5.91 Å². The summed E-state index contributed by atoms with van der Waals surface area (Å²) in [5.74, 6) is -1.95. The second kappa shape index (κ2) is 5.75. The largest absolute Gasteiger partial charge is 0.481 e. The molecule has 1 aliphatic heterocycles. The molecule has 2 rings (SSSR count). The van der Waals surface area contributed by atoms with E-state index in [9.17, 15) is 18.7 Å². The van der Waals surface area contributed by atoms with E-state index in [-0.39, 0.29) is 18.3 Å². The highest BCUT2D eigenvalue weighted by Crippen LogP contribution is 2.22. The predicted octanol–water partition coefficient (Wildman–Crippen LogP) is 1.72. The van der Waals surface area contributed by atoms with Crippen molar-refractivity contribution in [3.05, 3.63) is 29.8 Å². The predicted molar refractivity (Wildman–Crippen MR) is 68.3 cm³/mol. The summed E-state index contributed by atoms with van der Waals surface area (Å²) in [7, 11) is 0. The average Bonchev–Trinajstić information content (AvgIpc) is 2.37. The smallest absolute Gasteiger partial charge is 0.260 e. The molecule has 1 N–H and O–H groups in total. The molecule has 1 aliphatic rings. The number of aliphatic hydroxyl groups is 1. The number of hydrogen-bond donors (Lipinski definition) is 1. The third-order valence-electron chi connectivity index (χ3n) is 3.44. The lowest BCUT2D eigenvalue weighted by atomic mass is 9.94. The van der Waals surface area contributed by atoms with Crippen molar-refractivity contribution in [1.29, 1.82) is 0 Å². The number of ether oxygens (including phenoxy) is 1. The molecule has 4 nitrogen and oxygen atoms in total. The van der Waals surface area contributed by atoms with Crippen LogP contribution in [0.25, 0.3) is 0 Å². The number of carbonyl (C=O) groups excluding carboxylic acids is 1. The monoisotopic (exact) mass is 285 g/mol. The summed E-state index contributed by atoms with van der Waals surface area (Å²) in [4.78, 5) is 13.5. The van der Waals surface area contributed by atoms with E-state index < -0.39 is 17.2 Å². The zero-order valence-electron chi connectivity index (χ0n) is 11.2. The van der Waals surface area contributed by atoms with Crippen molar-refractivity contribution in [2.45, 2.75) is 25.4 Å². The van der Waals surface area contributed by atoms with Crippen molar-refractivity contribution in [1.82, 2.24) is 4.90 Å². The molecule has 0 aliphatic carbocycles. The van der Waals surface area contributed by atoms with E-state index in [1.54, 1.807) is 11.8 Å². The van der Waals surface area contributed by atoms with Crippen LogP contribution in [0.4, 0.5) is 8.78 Å². The topological polar surface area (TPSA) is 49.8 Å². The van der Waals surface area contributed by atoms with Crippen LogP contribution in [-0.2, 0) is 4.79 Å². The van der Waals surface area contributed by atoms with E-state index in [1.807, 2.05) is 0 Å². The highest BCUT2D eigenvalue weighted by molar-refractivity contribution is 5.77. The van der Waals surface area contributed by atoms with E-state index in [2.05, 4.69) is 0 Å². The van der Waals surface area contributed by atoms with E-state index in [0.29, 0.717) is 32.0 Å². The van der Waals surface area contributed by atoms with Gasteiger partial charge in [-0.15, -0.1) is 0 Å². The van der Waals surface area contributed by atoms with Crippen molar-refractivity contribution >= 4 is 5.91 Å². The number of nitrogens with zero attached hydrogens (tertiary/aromatic N) is 1. The molecule has 0 unspecified atom stereocenters. The van der Waals surface area contributed by atoms with Crippen molar-refractivity contribution < 1.29 is 23.4 Å². The summed E-state index contributed by atoms with van der Waals surface area (Å²) in [6.07, 6.45) is 1.01. The number of piperidine rings is 1. The minimum atomic E-state index is -0.834. The Labute approximate surface area is 116 Å². The second-order valence-corrected chi connectivity index (χ2v) is 5.24. The fourth-order valence-electron chi connectivity index (χ4n) is 2.06. The first-order valence-corrected chi connectivity index (χ1v) is 6.45. The molecule has 1 saturated heterocycles. The van der Waals surface area contributed by atoms with E-state index in [4.69, 9.17) is 4.74 Å². The van der Waals surface area contributed by atoms with Crippen LogP contribution in [0.15, 0.2) is 18.2 Å². The maximum Gasteiger partial charge on any atom is 0.260 e. The Hall–Kier alpha value is -1.69. The molecule has 20 heavy (non-hydrogen) atoms. The molecular formula is C14H17F2NO3. The standard InChI is InChI=1S/C14H17F2NO3/c1-14(19)4-6-17(7-5-14)13(18)9-20-12-3-2-10(15)8-11(12)16/h2-3,8,19H,4-7,9H2,1H3. The second-order valence-electron chi connectivity index (χ2n) is 5.24. The fourth-order valence-corrected chi connectivity index (χ4v) is 2.06. The molecule has 0 aromatic heterocycles. The molecule has 1 aromatic carbocycles. The minimum Gasteiger partial charge on any atom is -0.481 e. The molecule has 1 aromatic rings. The maximum absolute atomic E-state index is 13.3. The highest BCUT2D eigenvalue weighted by Gasteiger charge is 2.29. The van der Waals surface area contributed by atoms with Crippen LogP contribution in [0.3, 0.4) is 0 Å². The molecule has 1 fully saturated rings. The van der Waals surface area contributed by atoms with Gasteiger partial charge < -0.3 is 14.7 Å². The first-order chi connectivity index (χ1) is 9.37. The van der Waals surface area contributed by atoms with Gasteiger partial charge in [0.1, 0.15) is 5.82 Å². The molecule has 0 atom stereocenters. The number of amides is 1. The van der Waals surface area contributed by atoms with Crippen LogP contribution in [-0.4, -0.2) is 41.2 Å². The molecule has 6 heteroatoms. The van der Waals surface area contributed by atoms with Crippen molar-refractivity contribution in [3.63, 3.8) is 0 Å². The van der Waals surface area contributed by atoms with Gasteiger partial charge in [0.2, 0.25) is 0 Å². The SMILES string of the molecule is CC1(O)CCN(C(=O)COc2ccc(F)cc2F)CC1. The number of rotatable bonds is 3. The quantitative estimate of drug-likeness (QED) is 0.920. The molecule has 1 amide bonds. The molecule has 0 saturated carbocycles. The maximum atomic E-state index is 13.3. The van der Waals surface area contributed by atoms with Gasteiger partial charge in [0.15, 0.2) is 18.2 Å². The number of carbonyl (C=O) groups is 1. The summed E-state index contributed by atoms with van der Waals surface area (Å²) < 4.78 is 31.1. The van der Waals surface area contributed by atoms with Crippen LogP contribution in [0, 0.1) is 11.6 Å². The lowest BCUT2D eigenvalue weighted by molar-refractivity contribution is -0.137. The third-order valence-corrected chi connectivity index (χ3v) is 3.44. The Kier molecular flexibility index (Phi) is 4.23. The van der Waals surface area contributed by atoms with Gasteiger partial charge in [-0.2, -0.15) is 0 Å². The Bertz CT molecular complexity index is 495. The number of halogens is 2. The van der Waals surface area contributed by atoms with Crippen LogP contribution in [0.5, 0.6) is 5.75 Å². The van der Waals surface area contributed by atoms with Crippen LogP contribution in [0.1, 0.15) is 19.8 Å². The lowest BCUT2D eigenvalue weighted by Gasteiger charge is -2.35. The number of likely N-dealkylation sites (tertiary alicyclic amines) is 1. The van der Waals surface area contributed by atoms with Gasteiger partial charge in [-0.25, -0.2) is 8.78 Å². The summed E-state index contributed by atoms with van der Waals surface area (Å²) in [5, 5.41) is 9.79. The molecule has 0 bridgehead atoms. The Morgan fingerprint density at radius 2 is 2.05 bits per heavy atom. The summed E-state index contributed by atoms with van der Waals surface area (Å²) in [6, 6.07) is 2.93. The summed E-state index contributed by atoms with van der Waals surface area (Å²) >= 11 is 0. The van der Waals surface area contributed by atoms with Crippen LogP contribution < -0.4 is 4.74 Å². The van der Waals surface area contributed by atoms with Crippen LogP contribution in [0.2, 0.25) is 0 Å². The molecule has 0 radical (unpaired) electrons. The summed E-state index contributed by atoms with van der Waals surface area (Å²) in [6.45, 7) is 2.33. The summed E-state index contributed by atoms with van der Waals surface area (Å²) in [5.41, 5.74) is -0.735. The minimum absolute atomic E-state index is 0.149. The van der Waals surface area contributed by atoms with Crippen molar-refractivity contribution in [2.24, 2.45) is 0 Å². The zero-order valence-corrected chi connectivity index (χ0v) is 11.2. The number of benzene rings is 1. The lowest BCUT2D eigenvalue weighted by Crippen LogP contribution is -2.46. The first-order valence-electron chi connectivity index (χ1n) is 6.45. The Morgan fingerprint density at radius 3 is 2.65 bits per heavy atom. The van der Waals surface area contributed by atoms with E-state index in [0.717, 1.165) is 12.1 Å². The van der Waals surface area contributed by atoms with Gasteiger partial charge in [-0.3, -0.25) is 4.79 Å². The fraction of sp³-hybridized carbons (Fsp3) is 0.500. The number of hydrogen-bond acceptors (Lipinski definition) is 3. The molecule has 110 valence electrons.